The summed E-state index contributed by atoms with van der Waals surface area (Å²) >= 11 is 2.57. The van der Waals surface area contributed by atoms with E-state index in [9.17, 15) is 13.2 Å². The lowest BCUT2D eigenvalue weighted by atomic mass is 9.88. The van der Waals surface area contributed by atoms with Crippen LogP contribution in [0.3, 0.4) is 0 Å². The summed E-state index contributed by atoms with van der Waals surface area (Å²) in [5.41, 5.74) is 0. The Morgan fingerprint density at radius 2 is 2.00 bits per heavy atom. The second-order valence-corrected chi connectivity index (χ2v) is 6.75. The Bertz CT molecular complexity index is 414. The van der Waals surface area contributed by atoms with Gasteiger partial charge < -0.3 is 5.32 Å². The van der Waals surface area contributed by atoms with E-state index >= 15 is 0 Å². The van der Waals surface area contributed by atoms with Crippen molar-refractivity contribution in [2.75, 3.05) is 18.1 Å². The lowest BCUT2D eigenvalue weighted by Crippen LogP contribution is -2.35. The molecule has 19 heavy (non-hydrogen) atoms. The highest BCUT2D eigenvalue weighted by Gasteiger charge is 2.36. The van der Waals surface area contributed by atoms with Gasteiger partial charge in [-0.15, -0.1) is 0 Å². The zero-order valence-corrected chi connectivity index (χ0v) is 12.2. The fourth-order valence-electron chi connectivity index (χ4n) is 2.30. The van der Waals surface area contributed by atoms with Crippen molar-refractivity contribution in [1.29, 1.82) is 0 Å². The first kappa shape index (κ1) is 14.9. The average Bonchev–Trinajstić information content (AvgIpc) is 2.86. The molecule has 0 bridgehead atoms. The standard InChI is InChI=1S/C11H16F3N3S2/c1-18-10(5-3-2-4-6-10)7-15-9-16-8(17-19-9)11(12,13)14/h2-7H2,1H3,(H,15,16,17). The second-order valence-electron chi connectivity index (χ2n) is 4.72. The van der Waals surface area contributed by atoms with E-state index < -0.39 is 12.0 Å². The Hall–Kier alpha value is -0.500. The number of hydrogen-bond donors (Lipinski definition) is 1. The van der Waals surface area contributed by atoms with Crippen molar-refractivity contribution in [1.82, 2.24) is 9.36 Å². The van der Waals surface area contributed by atoms with Crippen LogP contribution in [0.5, 0.6) is 0 Å². The summed E-state index contributed by atoms with van der Waals surface area (Å²) in [6, 6.07) is 0. The topological polar surface area (TPSA) is 37.8 Å². The van der Waals surface area contributed by atoms with Gasteiger partial charge in [-0.1, -0.05) is 19.3 Å². The minimum Gasteiger partial charge on any atom is -0.359 e. The van der Waals surface area contributed by atoms with Crippen molar-refractivity contribution in [3.05, 3.63) is 5.82 Å². The van der Waals surface area contributed by atoms with Crippen LogP contribution in [0.25, 0.3) is 0 Å². The lowest BCUT2D eigenvalue weighted by molar-refractivity contribution is -0.144. The predicted molar refractivity (Wildman–Crippen MR) is 72.7 cm³/mol. The van der Waals surface area contributed by atoms with E-state index in [1.54, 1.807) is 11.8 Å². The van der Waals surface area contributed by atoms with E-state index in [1.165, 1.54) is 19.3 Å². The largest absolute Gasteiger partial charge is 0.452 e. The molecule has 1 aromatic rings. The van der Waals surface area contributed by atoms with Gasteiger partial charge in [0.05, 0.1) is 0 Å². The molecule has 0 radical (unpaired) electrons. The summed E-state index contributed by atoms with van der Waals surface area (Å²) in [6.45, 7) is 0.653. The maximum atomic E-state index is 12.4. The van der Waals surface area contributed by atoms with Crippen LogP contribution in [0.4, 0.5) is 18.3 Å². The van der Waals surface area contributed by atoms with Crippen molar-refractivity contribution in [2.24, 2.45) is 0 Å². The summed E-state index contributed by atoms with van der Waals surface area (Å²) in [6.07, 6.45) is 3.43. The van der Waals surface area contributed by atoms with Crippen LogP contribution in [0.2, 0.25) is 0 Å². The summed E-state index contributed by atoms with van der Waals surface area (Å²) in [7, 11) is 0. The van der Waals surface area contributed by atoms with Crippen molar-refractivity contribution in [3.63, 3.8) is 0 Å². The van der Waals surface area contributed by atoms with Gasteiger partial charge in [-0.3, -0.25) is 0 Å². The minimum absolute atomic E-state index is 0.127. The van der Waals surface area contributed by atoms with Gasteiger partial charge in [0.1, 0.15) is 0 Å². The number of thioether (sulfide) groups is 1. The van der Waals surface area contributed by atoms with E-state index in [4.69, 9.17) is 0 Å². The van der Waals surface area contributed by atoms with E-state index in [2.05, 4.69) is 20.9 Å². The highest BCUT2D eigenvalue weighted by atomic mass is 32.2. The first-order chi connectivity index (χ1) is 8.95. The van der Waals surface area contributed by atoms with Crippen LogP contribution in [0, 0.1) is 0 Å². The maximum absolute atomic E-state index is 12.4. The Balaban J connectivity index is 1.96. The Kier molecular flexibility index (Phi) is 4.60. The molecule has 1 saturated carbocycles. The molecule has 0 unspecified atom stereocenters. The molecule has 8 heteroatoms. The third kappa shape index (κ3) is 3.75. The Morgan fingerprint density at radius 1 is 1.32 bits per heavy atom. The first-order valence-corrected chi connectivity index (χ1v) is 8.15. The summed E-state index contributed by atoms with van der Waals surface area (Å²) in [5, 5.41) is 3.28. The number of aromatic nitrogens is 2. The number of anilines is 1. The predicted octanol–water partition coefficient (Wildman–Crippen LogP) is 4.03. The molecule has 108 valence electrons. The molecule has 1 aromatic heterocycles. The number of hydrogen-bond acceptors (Lipinski definition) is 5. The molecule has 0 spiro atoms. The summed E-state index contributed by atoms with van der Waals surface area (Å²) in [5.74, 6) is -1.05. The van der Waals surface area contributed by atoms with Crippen molar-refractivity contribution < 1.29 is 13.2 Å². The van der Waals surface area contributed by atoms with Gasteiger partial charge in [0, 0.05) is 22.8 Å². The van der Waals surface area contributed by atoms with Crippen LogP contribution in [0.1, 0.15) is 37.9 Å². The van der Waals surface area contributed by atoms with Gasteiger partial charge in [0.15, 0.2) is 0 Å². The quantitative estimate of drug-likeness (QED) is 0.911. The molecule has 0 aromatic carbocycles. The normalized spacial score (nSPS) is 19.4. The molecule has 0 amide bonds. The number of alkyl halides is 3. The molecule has 2 rings (SSSR count). The third-order valence-electron chi connectivity index (χ3n) is 3.44. The Morgan fingerprint density at radius 3 is 2.53 bits per heavy atom. The second kappa shape index (κ2) is 5.87. The van der Waals surface area contributed by atoms with Crippen LogP contribution in [-0.2, 0) is 6.18 Å². The maximum Gasteiger partial charge on any atom is 0.452 e. The molecule has 1 N–H and O–H groups in total. The van der Waals surface area contributed by atoms with Crippen molar-refractivity contribution in [2.45, 2.75) is 43.0 Å². The van der Waals surface area contributed by atoms with Gasteiger partial charge in [0.2, 0.25) is 11.0 Å². The molecule has 1 heterocycles. The third-order valence-corrected chi connectivity index (χ3v) is 5.53. The molecular weight excluding hydrogens is 295 g/mol. The van der Waals surface area contributed by atoms with Gasteiger partial charge in [0.25, 0.3) is 0 Å². The summed E-state index contributed by atoms with van der Waals surface area (Å²) < 4.78 is 40.6. The van der Waals surface area contributed by atoms with E-state index in [0.717, 1.165) is 24.4 Å². The fourth-order valence-corrected chi connectivity index (χ4v) is 3.79. The molecular formula is C11H16F3N3S2. The molecule has 0 atom stereocenters. The molecule has 3 nitrogen and oxygen atoms in total. The average molecular weight is 311 g/mol. The van der Waals surface area contributed by atoms with Crippen molar-refractivity contribution in [3.8, 4) is 0 Å². The Labute approximate surface area is 118 Å². The van der Waals surface area contributed by atoms with Crippen LogP contribution >= 0.6 is 23.3 Å². The zero-order valence-electron chi connectivity index (χ0n) is 10.6. The summed E-state index contributed by atoms with van der Waals surface area (Å²) in [4.78, 5) is 3.49. The molecule has 1 aliphatic rings. The highest BCUT2D eigenvalue weighted by molar-refractivity contribution is 8.00. The SMILES string of the molecule is CSC1(CNc2nc(C(F)(F)F)ns2)CCCCC1. The fraction of sp³-hybridized carbons (Fsp3) is 0.818. The van der Waals surface area contributed by atoms with E-state index in [0.29, 0.717) is 6.54 Å². The molecule has 1 fully saturated rings. The molecule has 0 saturated heterocycles. The van der Waals surface area contributed by atoms with Crippen LogP contribution in [0.15, 0.2) is 0 Å². The van der Waals surface area contributed by atoms with E-state index in [-0.39, 0.29) is 9.88 Å². The van der Waals surface area contributed by atoms with Gasteiger partial charge in [-0.2, -0.15) is 34.3 Å². The number of halogens is 3. The van der Waals surface area contributed by atoms with Gasteiger partial charge in [-0.05, 0) is 19.1 Å². The smallest absolute Gasteiger partial charge is 0.359 e. The first-order valence-electron chi connectivity index (χ1n) is 6.15. The number of nitrogens with one attached hydrogen (secondary N) is 1. The van der Waals surface area contributed by atoms with Gasteiger partial charge >= 0.3 is 6.18 Å². The van der Waals surface area contributed by atoms with Gasteiger partial charge in [-0.25, -0.2) is 0 Å². The van der Waals surface area contributed by atoms with E-state index in [1.807, 2.05) is 0 Å². The highest BCUT2D eigenvalue weighted by Crippen LogP contribution is 2.39. The number of nitrogens with zero attached hydrogens (tertiary/aromatic N) is 2. The number of rotatable bonds is 4. The van der Waals surface area contributed by atoms with Crippen LogP contribution in [-0.4, -0.2) is 26.9 Å². The van der Waals surface area contributed by atoms with Crippen LogP contribution < -0.4 is 5.32 Å². The minimum atomic E-state index is -4.46. The lowest BCUT2D eigenvalue weighted by Gasteiger charge is -2.35. The monoisotopic (exact) mass is 311 g/mol. The van der Waals surface area contributed by atoms with Crippen molar-refractivity contribution >= 4 is 28.4 Å². The zero-order chi connectivity index (χ0) is 13.9. The molecule has 1 aliphatic carbocycles. The molecule has 0 aliphatic heterocycles.